The zero-order valence-corrected chi connectivity index (χ0v) is 10.4. The Balaban J connectivity index is 2.11. The zero-order valence-electron chi connectivity index (χ0n) is 8.99. The van der Waals surface area contributed by atoms with Crippen LogP contribution < -0.4 is 5.19 Å². The summed E-state index contributed by atoms with van der Waals surface area (Å²) in [4.78, 5) is 0. The van der Waals surface area contributed by atoms with Crippen LogP contribution in [0.5, 0.6) is 0 Å². The fraction of sp³-hybridized carbons (Fsp3) is 0.167. The largest absolute Gasteiger partial charge is 0.503 e. The predicted octanol–water partition coefficient (Wildman–Crippen LogP) is 1.06. The van der Waals surface area contributed by atoms with E-state index in [-0.39, 0.29) is 0 Å². The average Bonchev–Trinajstić information content (AvgIpc) is 2.21. The highest BCUT2D eigenvalue weighted by Crippen LogP contribution is 2.21. The van der Waals surface area contributed by atoms with Crippen LogP contribution in [-0.2, 0) is 9.47 Å². The van der Waals surface area contributed by atoms with Crippen LogP contribution >= 0.6 is 0 Å². The summed E-state index contributed by atoms with van der Waals surface area (Å²) in [6.45, 7) is 0. The van der Waals surface area contributed by atoms with E-state index in [0.29, 0.717) is 0 Å². The molecular formula is C12H14O2Si. The van der Waals surface area contributed by atoms with Crippen molar-refractivity contribution in [1.82, 2.24) is 0 Å². The van der Waals surface area contributed by atoms with E-state index in [0.717, 1.165) is 5.38 Å². The molecule has 3 heteroatoms. The van der Waals surface area contributed by atoms with Crippen molar-refractivity contribution in [3.63, 3.8) is 0 Å². The standard InChI is InChI=1S/C12H14O2Si/c1-13-8-12(14-2)15-11-6-5-9-3-4-10(9)7-11/h3-8H,15H2,1-2H3. The summed E-state index contributed by atoms with van der Waals surface area (Å²) in [7, 11) is 2.81. The Morgan fingerprint density at radius 1 is 1.20 bits per heavy atom. The SMILES string of the molecule is COC=C(OC)[SiH2]c1ccc2c(c1)C=C2. The molecule has 0 atom stereocenters. The van der Waals surface area contributed by atoms with E-state index in [9.17, 15) is 0 Å². The summed E-state index contributed by atoms with van der Waals surface area (Å²) >= 11 is 0. The topological polar surface area (TPSA) is 18.5 Å². The first-order valence-corrected chi connectivity index (χ1v) is 6.32. The minimum Gasteiger partial charge on any atom is -0.503 e. The molecule has 0 unspecified atom stereocenters. The Bertz CT molecular complexity index is 422. The molecule has 0 heterocycles. The van der Waals surface area contributed by atoms with Gasteiger partial charge in [0.2, 0.25) is 0 Å². The monoisotopic (exact) mass is 218 g/mol. The van der Waals surface area contributed by atoms with E-state index in [2.05, 4.69) is 30.4 Å². The van der Waals surface area contributed by atoms with Crippen LogP contribution in [0.4, 0.5) is 0 Å². The van der Waals surface area contributed by atoms with Crippen LogP contribution in [0.15, 0.2) is 29.8 Å². The third kappa shape index (κ3) is 2.13. The lowest BCUT2D eigenvalue weighted by Crippen LogP contribution is -2.19. The maximum atomic E-state index is 5.26. The number of fused-ring (bicyclic) bond motifs is 1. The van der Waals surface area contributed by atoms with Gasteiger partial charge in [-0.25, -0.2) is 0 Å². The molecule has 0 aromatic heterocycles. The molecule has 0 radical (unpaired) electrons. The molecule has 0 saturated carbocycles. The Kier molecular flexibility index (Phi) is 2.92. The summed E-state index contributed by atoms with van der Waals surface area (Å²) in [6.07, 6.45) is 5.96. The van der Waals surface area contributed by atoms with E-state index in [1.165, 1.54) is 16.3 Å². The van der Waals surface area contributed by atoms with Crippen LogP contribution in [0.1, 0.15) is 11.1 Å². The maximum absolute atomic E-state index is 5.26. The molecule has 0 saturated heterocycles. The van der Waals surface area contributed by atoms with Gasteiger partial charge >= 0.3 is 0 Å². The third-order valence-corrected chi connectivity index (χ3v) is 4.14. The van der Waals surface area contributed by atoms with Gasteiger partial charge < -0.3 is 9.47 Å². The lowest BCUT2D eigenvalue weighted by molar-refractivity contribution is 0.271. The summed E-state index contributed by atoms with van der Waals surface area (Å²) in [5, 5.41) is 2.35. The van der Waals surface area contributed by atoms with Crippen molar-refractivity contribution < 1.29 is 9.47 Å². The number of methoxy groups -OCH3 is 2. The van der Waals surface area contributed by atoms with Crippen molar-refractivity contribution in [3.05, 3.63) is 41.0 Å². The molecule has 78 valence electrons. The lowest BCUT2D eigenvalue weighted by Gasteiger charge is -2.12. The highest BCUT2D eigenvalue weighted by atomic mass is 28.2. The quantitative estimate of drug-likeness (QED) is 0.564. The Labute approximate surface area is 92.0 Å². The molecule has 0 fully saturated rings. The Morgan fingerprint density at radius 2 is 2.00 bits per heavy atom. The van der Waals surface area contributed by atoms with E-state index in [1.807, 2.05) is 0 Å². The number of benzene rings is 1. The van der Waals surface area contributed by atoms with Gasteiger partial charge in [0.05, 0.1) is 14.2 Å². The second-order valence-electron chi connectivity index (χ2n) is 3.50. The van der Waals surface area contributed by atoms with Gasteiger partial charge in [-0.1, -0.05) is 35.5 Å². The van der Waals surface area contributed by atoms with Crippen molar-refractivity contribution in [2.45, 2.75) is 0 Å². The van der Waals surface area contributed by atoms with Crippen LogP contribution in [0.2, 0.25) is 0 Å². The highest BCUT2D eigenvalue weighted by molar-refractivity contribution is 6.60. The van der Waals surface area contributed by atoms with Gasteiger partial charge in [0.15, 0.2) is 0 Å². The molecule has 1 aliphatic rings. The molecule has 0 N–H and O–H groups in total. The van der Waals surface area contributed by atoms with Crippen molar-refractivity contribution in [2.75, 3.05) is 14.2 Å². The fourth-order valence-corrected chi connectivity index (χ4v) is 2.96. The summed E-state index contributed by atoms with van der Waals surface area (Å²) < 4.78 is 10.2. The molecule has 0 bridgehead atoms. The van der Waals surface area contributed by atoms with Gasteiger partial charge in [0, 0.05) is 0 Å². The molecule has 15 heavy (non-hydrogen) atoms. The van der Waals surface area contributed by atoms with Crippen LogP contribution in [0, 0.1) is 0 Å². The molecule has 1 aromatic carbocycles. The minimum absolute atomic E-state index is 0.532. The van der Waals surface area contributed by atoms with Gasteiger partial charge in [0.1, 0.15) is 21.2 Å². The first-order chi connectivity index (χ1) is 7.33. The molecular weight excluding hydrogens is 204 g/mol. The maximum Gasteiger partial charge on any atom is 0.135 e. The summed E-state index contributed by atoms with van der Waals surface area (Å²) in [5.41, 5.74) is 2.68. The van der Waals surface area contributed by atoms with Crippen molar-refractivity contribution in [1.29, 1.82) is 0 Å². The molecule has 2 nitrogen and oxygen atoms in total. The van der Waals surface area contributed by atoms with E-state index in [4.69, 9.17) is 9.47 Å². The van der Waals surface area contributed by atoms with E-state index >= 15 is 0 Å². The molecule has 0 amide bonds. The van der Waals surface area contributed by atoms with Crippen LogP contribution in [-0.4, -0.2) is 23.7 Å². The second-order valence-corrected chi connectivity index (χ2v) is 5.36. The minimum atomic E-state index is -0.532. The van der Waals surface area contributed by atoms with Crippen molar-refractivity contribution in [3.8, 4) is 0 Å². The van der Waals surface area contributed by atoms with Crippen molar-refractivity contribution >= 4 is 26.9 Å². The van der Waals surface area contributed by atoms with E-state index < -0.39 is 9.52 Å². The van der Waals surface area contributed by atoms with E-state index in [1.54, 1.807) is 20.5 Å². The average molecular weight is 218 g/mol. The number of rotatable bonds is 4. The predicted molar refractivity (Wildman–Crippen MR) is 65.6 cm³/mol. The summed E-state index contributed by atoms with van der Waals surface area (Å²) in [5.74, 6) is 0. The van der Waals surface area contributed by atoms with Gasteiger partial charge in [0.25, 0.3) is 0 Å². The third-order valence-electron chi connectivity index (χ3n) is 2.48. The smallest absolute Gasteiger partial charge is 0.135 e. The highest BCUT2D eigenvalue weighted by Gasteiger charge is 2.07. The van der Waals surface area contributed by atoms with Crippen LogP contribution in [0.25, 0.3) is 12.2 Å². The second kappa shape index (κ2) is 4.36. The number of ether oxygens (including phenoxy) is 2. The van der Waals surface area contributed by atoms with Gasteiger partial charge in [-0.05, 0) is 11.1 Å². The van der Waals surface area contributed by atoms with Gasteiger partial charge in [-0.15, -0.1) is 0 Å². The molecule has 0 aliphatic heterocycles. The van der Waals surface area contributed by atoms with Gasteiger partial charge in [-0.2, -0.15) is 0 Å². The Hall–Kier alpha value is -1.48. The summed E-state index contributed by atoms with van der Waals surface area (Å²) in [6, 6.07) is 6.58. The van der Waals surface area contributed by atoms with Crippen molar-refractivity contribution in [2.24, 2.45) is 0 Å². The first-order valence-electron chi connectivity index (χ1n) is 4.90. The van der Waals surface area contributed by atoms with Gasteiger partial charge in [-0.3, -0.25) is 0 Å². The first kappa shape index (κ1) is 10.0. The lowest BCUT2D eigenvalue weighted by atomic mass is 9.98. The molecule has 1 aromatic rings. The zero-order chi connectivity index (χ0) is 10.7. The molecule has 0 spiro atoms. The Morgan fingerprint density at radius 3 is 2.53 bits per heavy atom. The number of hydrogen-bond acceptors (Lipinski definition) is 2. The van der Waals surface area contributed by atoms with Crippen LogP contribution in [0.3, 0.4) is 0 Å². The normalized spacial score (nSPS) is 13.9. The molecule has 2 rings (SSSR count). The fourth-order valence-electron chi connectivity index (χ4n) is 1.61. The molecule has 1 aliphatic carbocycles. The number of hydrogen-bond donors (Lipinski definition) is 0.